The Hall–Kier alpha value is -0.810. The molecule has 1 aliphatic heterocycles. The smallest absolute Gasteiger partial charge is 0.168 e. The quantitative estimate of drug-likeness (QED) is 0.662. The number of hydrogen-bond acceptors (Lipinski definition) is 2. The van der Waals surface area contributed by atoms with Gasteiger partial charge in [0.15, 0.2) is 5.78 Å². The van der Waals surface area contributed by atoms with E-state index in [2.05, 4.69) is 40.8 Å². The molecule has 84 valence electrons. The summed E-state index contributed by atoms with van der Waals surface area (Å²) in [6, 6.07) is 14.1. The van der Waals surface area contributed by atoms with Crippen LogP contribution in [0.15, 0.2) is 52.3 Å². The SMILES string of the molecule is O=C1Cc2cc(I)ccc2Sc2ccccc21. The second kappa shape index (κ2) is 4.46. The summed E-state index contributed by atoms with van der Waals surface area (Å²) in [5, 5.41) is 0. The zero-order valence-corrected chi connectivity index (χ0v) is 11.9. The Balaban J connectivity index is 2.17. The Kier molecular flexibility index (Phi) is 2.96. The van der Waals surface area contributed by atoms with E-state index >= 15 is 0 Å². The van der Waals surface area contributed by atoms with Gasteiger partial charge < -0.3 is 0 Å². The molecule has 0 bridgehead atoms. The molecular weight excluding hydrogens is 343 g/mol. The van der Waals surface area contributed by atoms with Crippen LogP contribution in [-0.2, 0) is 6.42 Å². The number of carbonyl (C=O) groups is 1. The minimum Gasteiger partial charge on any atom is -0.294 e. The fraction of sp³-hybridized carbons (Fsp3) is 0.0714. The van der Waals surface area contributed by atoms with Crippen LogP contribution < -0.4 is 0 Å². The van der Waals surface area contributed by atoms with Crippen molar-refractivity contribution in [2.75, 3.05) is 0 Å². The molecule has 0 atom stereocenters. The second-order valence-corrected chi connectivity index (χ2v) is 6.28. The maximum atomic E-state index is 12.2. The third-order valence-corrected chi connectivity index (χ3v) is 4.65. The molecule has 0 unspecified atom stereocenters. The molecule has 1 heterocycles. The minimum atomic E-state index is 0.217. The Bertz CT molecular complexity index is 607. The third kappa shape index (κ3) is 2.13. The normalized spacial score (nSPS) is 13.8. The molecule has 3 heteroatoms. The average molecular weight is 352 g/mol. The zero-order chi connectivity index (χ0) is 11.8. The highest BCUT2D eigenvalue weighted by atomic mass is 127. The number of carbonyl (C=O) groups excluding carboxylic acids is 1. The summed E-state index contributed by atoms with van der Waals surface area (Å²) in [5.41, 5.74) is 1.99. The molecule has 0 amide bonds. The lowest BCUT2D eigenvalue weighted by atomic mass is 10.0. The molecule has 0 N–H and O–H groups in total. The van der Waals surface area contributed by atoms with Crippen LogP contribution in [0.25, 0.3) is 0 Å². The van der Waals surface area contributed by atoms with Gasteiger partial charge in [-0.2, -0.15) is 0 Å². The number of rotatable bonds is 0. The molecule has 1 aliphatic rings. The van der Waals surface area contributed by atoms with Crippen molar-refractivity contribution in [1.29, 1.82) is 0 Å². The Morgan fingerprint density at radius 3 is 2.76 bits per heavy atom. The van der Waals surface area contributed by atoms with Crippen LogP contribution in [0.1, 0.15) is 15.9 Å². The van der Waals surface area contributed by atoms with Crippen molar-refractivity contribution >= 4 is 40.1 Å². The Morgan fingerprint density at radius 1 is 1.06 bits per heavy atom. The van der Waals surface area contributed by atoms with Gasteiger partial charge in [0.2, 0.25) is 0 Å². The molecule has 0 aliphatic carbocycles. The minimum absolute atomic E-state index is 0.217. The van der Waals surface area contributed by atoms with Gasteiger partial charge in [0, 0.05) is 25.3 Å². The molecule has 0 aromatic heterocycles. The monoisotopic (exact) mass is 352 g/mol. The van der Waals surface area contributed by atoms with E-state index in [1.807, 2.05) is 24.3 Å². The molecule has 17 heavy (non-hydrogen) atoms. The number of fused-ring (bicyclic) bond motifs is 2. The molecule has 3 rings (SSSR count). The van der Waals surface area contributed by atoms with Crippen LogP contribution >= 0.6 is 34.4 Å². The van der Waals surface area contributed by atoms with E-state index in [1.54, 1.807) is 11.8 Å². The van der Waals surface area contributed by atoms with Crippen LogP contribution in [0.4, 0.5) is 0 Å². The first kappa shape index (κ1) is 11.3. The molecule has 2 aromatic rings. The number of Topliss-reactive ketones (excluding diaryl/α,β-unsaturated/α-hetero) is 1. The van der Waals surface area contributed by atoms with E-state index in [4.69, 9.17) is 0 Å². The zero-order valence-electron chi connectivity index (χ0n) is 8.94. The van der Waals surface area contributed by atoms with Crippen molar-refractivity contribution in [3.63, 3.8) is 0 Å². The predicted molar refractivity (Wildman–Crippen MR) is 77.8 cm³/mol. The van der Waals surface area contributed by atoms with E-state index in [9.17, 15) is 4.79 Å². The molecule has 0 radical (unpaired) electrons. The van der Waals surface area contributed by atoms with E-state index in [1.165, 1.54) is 8.47 Å². The van der Waals surface area contributed by atoms with Crippen molar-refractivity contribution in [3.8, 4) is 0 Å². The fourth-order valence-corrected chi connectivity index (χ4v) is 3.59. The lowest BCUT2D eigenvalue weighted by Crippen LogP contribution is -2.03. The molecule has 0 saturated carbocycles. The van der Waals surface area contributed by atoms with Crippen LogP contribution in [0.5, 0.6) is 0 Å². The fourth-order valence-electron chi connectivity index (χ4n) is 1.96. The average Bonchev–Trinajstić information content (AvgIpc) is 2.46. The molecule has 0 spiro atoms. The number of hydrogen-bond donors (Lipinski definition) is 0. The first-order valence-electron chi connectivity index (χ1n) is 5.32. The predicted octanol–water partition coefficient (Wildman–Crippen LogP) is 4.18. The summed E-state index contributed by atoms with van der Waals surface area (Å²) in [4.78, 5) is 14.4. The van der Waals surface area contributed by atoms with Crippen molar-refractivity contribution < 1.29 is 4.79 Å². The first-order valence-corrected chi connectivity index (χ1v) is 7.22. The Labute approximate surface area is 118 Å². The summed E-state index contributed by atoms with van der Waals surface area (Å²) < 4.78 is 1.18. The summed E-state index contributed by atoms with van der Waals surface area (Å²) in [6.45, 7) is 0. The maximum absolute atomic E-state index is 12.2. The van der Waals surface area contributed by atoms with Crippen molar-refractivity contribution in [2.24, 2.45) is 0 Å². The van der Waals surface area contributed by atoms with E-state index < -0.39 is 0 Å². The summed E-state index contributed by atoms with van der Waals surface area (Å²) >= 11 is 3.98. The lowest BCUT2D eigenvalue weighted by molar-refractivity contribution is 0.0990. The summed E-state index contributed by atoms with van der Waals surface area (Å²) in [6.07, 6.45) is 0.510. The third-order valence-electron chi connectivity index (χ3n) is 2.78. The van der Waals surface area contributed by atoms with Gasteiger partial charge >= 0.3 is 0 Å². The van der Waals surface area contributed by atoms with Gasteiger partial charge in [-0.3, -0.25) is 4.79 Å². The van der Waals surface area contributed by atoms with Crippen molar-refractivity contribution in [1.82, 2.24) is 0 Å². The highest BCUT2D eigenvalue weighted by Gasteiger charge is 2.19. The van der Waals surface area contributed by atoms with Crippen LogP contribution in [-0.4, -0.2) is 5.78 Å². The lowest BCUT2D eigenvalue weighted by Gasteiger charge is -2.04. The van der Waals surface area contributed by atoms with Gasteiger partial charge in [0.05, 0.1) is 0 Å². The number of ketones is 1. The largest absolute Gasteiger partial charge is 0.294 e. The molecule has 1 nitrogen and oxygen atoms in total. The topological polar surface area (TPSA) is 17.1 Å². The van der Waals surface area contributed by atoms with E-state index in [-0.39, 0.29) is 5.78 Å². The van der Waals surface area contributed by atoms with E-state index in [0.717, 1.165) is 16.0 Å². The van der Waals surface area contributed by atoms with Crippen molar-refractivity contribution in [3.05, 3.63) is 57.2 Å². The molecule has 0 saturated heterocycles. The van der Waals surface area contributed by atoms with Crippen molar-refractivity contribution in [2.45, 2.75) is 16.2 Å². The van der Waals surface area contributed by atoms with Gasteiger partial charge in [0.25, 0.3) is 0 Å². The molecule has 2 aromatic carbocycles. The number of halogens is 1. The van der Waals surface area contributed by atoms with Gasteiger partial charge in [0.1, 0.15) is 0 Å². The molecule has 0 fully saturated rings. The molecular formula is C14H9IOS. The first-order chi connectivity index (χ1) is 8.24. The maximum Gasteiger partial charge on any atom is 0.168 e. The van der Waals surface area contributed by atoms with Gasteiger partial charge in [-0.25, -0.2) is 0 Å². The summed E-state index contributed by atoms with van der Waals surface area (Å²) in [5.74, 6) is 0.217. The number of benzene rings is 2. The highest BCUT2D eigenvalue weighted by molar-refractivity contribution is 14.1. The van der Waals surface area contributed by atoms with Crippen LogP contribution in [0.3, 0.4) is 0 Å². The Morgan fingerprint density at radius 2 is 1.88 bits per heavy atom. The second-order valence-electron chi connectivity index (χ2n) is 3.95. The van der Waals surface area contributed by atoms with Gasteiger partial charge in [-0.05, 0) is 52.4 Å². The van der Waals surface area contributed by atoms with Gasteiger partial charge in [-0.15, -0.1) is 0 Å². The van der Waals surface area contributed by atoms with Crippen LogP contribution in [0, 0.1) is 3.57 Å². The van der Waals surface area contributed by atoms with E-state index in [0.29, 0.717) is 6.42 Å². The summed E-state index contributed by atoms with van der Waals surface area (Å²) in [7, 11) is 0. The highest BCUT2D eigenvalue weighted by Crippen LogP contribution is 2.37. The van der Waals surface area contributed by atoms with Gasteiger partial charge in [-0.1, -0.05) is 30.0 Å². The standard InChI is InChI=1S/C14H9IOS/c15-10-5-6-13-9(7-10)8-12(16)11-3-1-2-4-14(11)17-13/h1-7H,8H2. The van der Waals surface area contributed by atoms with Crippen LogP contribution in [0.2, 0.25) is 0 Å².